The van der Waals surface area contributed by atoms with E-state index in [-0.39, 0.29) is 10.7 Å². The quantitative estimate of drug-likeness (QED) is 0.780. The van der Waals surface area contributed by atoms with Crippen LogP contribution < -0.4 is 0 Å². The molecule has 0 N–H and O–H groups in total. The number of hydrogen-bond donors (Lipinski definition) is 0. The second-order valence-electron chi connectivity index (χ2n) is 3.60. The second-order valence-corrected chi connectivity index (χ2v) is 5.70. The van der Waals surface area contributed by atoms with E-state index in [9.17, 15) is 4.79 Å². The van der Waals surface area contributed by atoms with E-state index in [1.54, 1.807) is 16.2 Å². The van der Waals surface area contributed by atoms with Crippen LogP contribution in [0.15, 0.2) is 11.4 Å². The molecule has 0 aliphatic heterocycles. The van der Waals surface area contributed by atoms with Crippen LogP contribution in [0.4, 0.5) is 0 Å². The summed E-state index contributed by atoms with van der Waals surface area (Å²) in [6.07, 6.45) is 0.826. The van der Waals surface area contributed by atoms with Gasteiger partial charge in [0.25, 0.3) is 0 Å². The number of rotatable bonds is 4. The van der Waals surface area contributed by atoms with Gasteiger partial charge < -0.3 is 4.90 Å². The zero-order valence-corrected chi connectivity index (χ0v) is 11.7. The van der Waals surface area contributed by atoms with Crippen LogP contribution in [0.5, 0.6) is 0 Å². The minimum atomic E-state index is -0.0530. The molecule has 4 heteroatoms. The van der Waals surface area contributed by atoms with Crippen LogP contribution in [-0.2, 0) is 11.3 Å². The molecule has 1 aromatic rings. The van der Waals surface area contributed by atoms with E-state index in [0.717, 1.165) is 6.42 Å². The summed E-state index contributed by atoms with van der Waals surface area (Å²) in [5, 5.41) is 2.06. The summed E-state index contributed by atoms with van der Waals surface area (Å²) in [4.78, 5) is 14.8. The Hall–Kier alpha value is -0.350. The Morgan fingerprint density at radius 3 is 2.80 bits per heavy atom. The molecule has 1 atom stereocenters. The highest BCUT2D eigenvalue weighted by atomic mass is 79.9. The maximum Gasteiger partial charge on any atom is 0.236 e. The molecule has 0 radical (unpaired) electrons. The lowest BCUT2D eigenvalue weighted by Crippen LogP contribution is -2.32. The fourth-order valence-electron chi connectivity index (χ4n) is 1.27. The number of hydrogen-bond acceptors (Lipinski definition) is 2. The maximum absolute atomic E-state index is 11.8. The van der Waals surface area contributed by atoms with E-state index < -0.39 is 0 Å². The van der Waals surface area contributed by atoms with Crippen LogP contribution in [0.1, 0.15) is 23.8 Å². The van der Waals surface area contributed by atoms with Crippen molar-refractivity contribution in [3.63, 3.8) is 0 Å². The number of aryl methyl sites for hydroxylation is 1. The van der Waals surface area contributed by atoms with E-state index in [0.29, 0.717) is 6.54 Å². The molecule has 0 bridgehead atoms. The van der Waals surface area contributed by atoms with Gasteiger partial charge in [-0.15, -0.1) is 11.3 Å². The predicted molar refractivity (Wildman–Crippen MR) is 68.5 cm³/mol. The van der Waals surface area contributed by atoms with Gasteiger partial charge in [-0.2, -0.15) is 0 Å². The van der Waals surface area contributed by atoms with Crippen LogP contribution in [-0.4, -0.2) is 22.7 Å². The van der Waals surface area contributed by atoms with Gasteiger partial charge >= 0.3 is 0 Å². The Kier molecular flexibility index (Phi) is 4.80. The molecule has 2 nitrogen and oxygen atoms in total. The summed E-state index contributed by atoms with van der Waals surface area (Å²) in [5.74, 6) is 0.158. The average molecular weight is 290 g/mol. The molecule has 0 saturated heterocycles. The summed E-state index contributed by atoms with van der Waals surface area (Å²) in [6, 6.07) is 2.09. The largest absolute Gasteiger partial charge is 0.340 e. The van der Waals surface area contributed by atoms with Gasteiger partial charge in [-0.3, -0.25) is 4.79 Å². The van der Waals surface area contributed by atoms with Crippen molar-refractivity contribution in [2.75, 3.05) is 7.05 Å². The van der Waals surface area contributed by atoms with Crippen molar-refractivity contribution < 1.29 is 4.79 Å². The molecule has 1 amide bonds. The molecule has 0 fully saturated rings. The summed E-state index contributed by atoms with van der Waals surface area (Å²) >= 11 is 5.08. The molecule has 15 heavy (non-hydrogen) atoms. The summed E-state index contributed by atoms with van der Waals surface area (Å²) < 4.78 is 0. The second kappa shape index (κ2) is 5.66. The smallest absolute Gasteiger partial charge is 0.236 e. The molecule has 0 spiro atoms. The molecular formula is C11H16BrNOS. The van der Waals surface area contributed by atoms with Crippen LogP contribution in [0.3, 0.4) is 0 Å². The number of thiophene rings is 1. The van der Waals surface area contributed by atoms with Gasteiger partial charge in [-0.05, 0) is 30.4 Å². The first kappa shape index (κ1) is 12.7. The number of alkyl halides is 1. The van der Waals surface area contributed by atoms with E-state index >= 15 is 0 Å². The third-order valence-electron chi connectivity index (χ3n) is 2.35. The third-order valence-corrected chi connectivity index (χ3v) is 4.40. The van der Waals surface area contributed by atoms with Gasteiger partial charge in [-0.1, -0.05) is 22.9 Å². The fourth-order valence-corrected chi connectivity index (χ4v) is 2.58. The molecule has 1 rings (SSSR count). The van der Waals surface area contributed by atoms with Crippen LogP contribution in [0.2, 0.25) is 0 Å². The molecule has 1 heterocycles. The lowest BCUT2D eigenvalue weighted by molar-refractivity contribution is -0.129. The monoisotopic (exact) mass is 289 g/mol. The van der Waals surface area contributed by atoms with Crippen molar-refractivity contribution in [3.8, 4) is 0 Å². The van der Waals surface area contributed by atoms with Crippen molar-refractivity contribution in [1.82, 2.24) is 4.90 Å². The van der Waals surface area contributed by atoms with Crippen molar-refractivity contribution in [2.45, 2.75) is 31.6 Å². The molecule has 1 aromatic heterocycles. The standard InChI is InChI=1S/C11H16BrNOS/c1-4-9(12)11(14)13(3)7-10-8(2)5-6-15-10/h5-6,9H,4,7H2,1-3H3. The fraction of sp³-hybridized carbons (Fsp3) is 0.545. The first-order valence-corrected chi connectivity index (χ1v) is 6.77. The van der Waals surface area contributed by atoms with Crippen LogP contribution in [0.25, 0.3) is 0 Å². The van der Waals surface area contributed by atoms with E-state index in [1.165, 1.54) is 10.4 Å². The van der Waals surface area contributed by atoms with Gasteiger partial charge in [-0.25, -0.2) is 0 Å². The number of amides is 1. The Labute approximate surface area is 103 Å². The normalized spacial score (nSPS) is 12.5. The Morgan fingerprint density at radius 2 is 2.33 bits per heavy atom. The zero-order chi connectivity index (χ0) is 11.4. The summed E-state index contributed by atoms with van der Waals surface area (Å²) in [5.41, 5.74) is 1.27. The van der Waals surface area contributed by atoms with Gasteiger partial charge in [0, 0.05) is 11.9 Å². The van der Waals surface area contributed by atoms with Gasteiger partial charge in [0.15, 0.2) is 0 Å². The number of halogens is 1. The molecule has 0 saturated carbocycles. The van der Waals surface area contributed by atoms with Crippen LogP contribution >= 0.6 is 27.3 Å². The summed E-state index contributed by atoms with van der Waals surface area (Å²) in [6.45, 7) is 4.79. The Bertz CT molecular complexity index is 337. The predicted octanol–water partition coefficient (Wildman–Crippen LogP) is 3.19. The van der Waals surface area contributed by atoms with Gasteiger partial charge in [0.2, 0.25) is 5.91 Å². The number of carbonyl (C=O) groups excluding carboxylic acids is 1. The SMILES string of the molecule is CCC(Br)C(=O)N(C)Cc1sccc1C. The van der Waals surface area contributed by atoms with Crippen molar-refractivity contribution in [1.29, 1.82) is 0 Å². The maximum atomic E-state index is 11.8. The van der Waals surface area contributed by atoms with Crippen molar-refractivity contribution in [2.24, 2.45) is 0 Å². The van der Waals surface area contributed by atoms with E-state index in [2.05, 4.69) is 34.3 Å². The highest BCUT2D eigenvalue weighted by Crippen LogP contribution is 2.18. The third kappa shape index (κ3) is 3.31. The molecule has 1 unspecified atom stereocenters. The van der Waals surface area contributed by atoms with Crippen molar-refractivity contribution in [3.05, 3.63) is 21.9 Å². The lowest BCUT2D eigenvalue weighted by atomic mass is 10.2. The molecular weight excluding hydrogens is 274 g/mol. The lowest BCUT2D eigenvalue weighted by Gasteiger charge is -2.19. The van der Waals surface area contributed by atoms with E-state index in [1.807, 2.05) is 14.0 Å². The molecule has 0 aliphatic carbocycles. The molecule has 84 valence electrons. The highest BCUT2D eigenvalue weighted by Gasteiger charge is 2.17. The van der Waals surface area contributed by atoms with Gasteiger partial charge in [0.1, 0.15) is 0 Å². The minimum absolute atomic E-state index is 0.0530. The molecule has 0 aromatic carbocycles. The number of nitrogens with zero attached hydrogens (tertiary/aromatic N) is 1. The van der Waals surface area contributed by atoms with Crippen LogP contribution in [0, 0.1) is 6.92 Å². The number of carbonyl (C=O) groups is 1. The van der Waals surface area contributed by atoms with Gasteiger partial charge in [0.05, 0.1) is 11.4 Å². The average Bonchev–Trinajstić information content (AvgIpc) is 2.62. The van der Waals surface area contributed by atoms with Crippen molar-refractivity contribution >= 4 is 33.2 Å². The molecule has 0 aliphatic rings. The first-order chi connectivity index (χ1) is 7.06. The topological polar surface area (TPSA) is 20.3 Å². The highest BCUT2D eigenvalue weighted by molar-refractivity contribution is 9.10. The Morgan fingerprint density at radius 1 is 1.67 bits per heavy atom. The minimum Gasteiger partial charge on any atom is -0.340 e. The summed E-state index contributed by atoms with van der Waals surface area (Å²) in [7, 11) is 1.85. The first-order valence-electron chi connectivity index (χ1n) is 4.98. The van der Waals surface area contributed by atoms with E-state index in [4.69, 9.17) is 0 Å². The zero-order valence-electron chi connectivity index (χ0n) is 9.29. The Balaban J connectivity index is 2.60.